The van der Waals surface area contributed by atoms with E-state index in [9.17, 15) is 23.1 Å². The molecule has 8 heteroatoms. The molecule has 2 rings (SSSR count). The van der Waals surface area contributed by atoms with Crippen LogP contribution in [0, 0.1) is 12.8 Å². The summed E-state index contributed by atoms with van der Waals surface area (Å²) in [6, 6.07) is 1.99. The van der Waals surface area contributed by atoms with Gasteiger partial charge in [0.25, 0.3) is 5.91 Å². The molecule has 1 aromatic heterocycles. The van der Waals surface area contributed by atoms with Gasteiger partial charge in [-0.2, -0.15) is 13.2 Å². The Morgan fingerprint density at radius 1 is 1.17 bits per heavy atom. The van der Waals surface area contributed by atoms with Crippen LogP contribution in [-0.2, 0) is 6.18 Å². The topological polar surface area (TPSA) is 62.2 Å². The summed E-state index contributed by atoms with van der Waals surface area (Å²) in [5, 5.41) is 12.6. The van der Waals surface area contributed by atoms with E-state index in [1.165, 1.54) is 13.0 Å². The fourth-order valence-corrected chi connectivity index (χ4v) is 4.27. The highest BCUT2D eigenvalue weighted by molar-refractivity contribution is 6.20. The largest absolute Gasteiger partial charge is 0.433 e. The number of aliphatic hydroxyl groups excluding tert-OH is 1. The number of hydrogen-bond donors (Lipinski definition) is 2. The molecular weight excluding hydrogens is 405 g/mol. The van der Waals surface area contributed by atoms with E-state index in [0.29, 0.717) is 0 Å². The molecule has 1 fully saturated rings. The van der Waals surface area contributed by atoms with Crippen LogP contribution in [0.4, 0.5) is 13.2 Å². The van der Waals surface area contributed by atoms with Gasteiger partial charge in [-0.3, -0.25) is 4.79 Å². The SMILES string of the molecule is Cc1nc(C(F)(F)F)ccc1C(=O)NC1CCCCCC(Cl)CC(CO)CCC1. The number of aryl methyl sites for hydroxylation is 1. The zero-order chi connectivity index (χ0) is 21.4. The van der Waals surface area contributed by atoms with Gasteiger partial charge in [-0.1, -0.05) is 25.7 Å². The van der Waals surface area contributed by atoms with E-state index >= 15 is 0 Å². The molecule has 1 heterocycles. The number of nitrogens with one attached hydrogen (secondary N) is 1. The number of rotatable bonds is 3. The first-order valence-corrected chi connectivity index (χ1v) is 10.7. The van der Waals surface area contributed by atoms with Gasteiger partial charge in [0, 0.05) is 18.0 Å². The minimum Gasteiger partial charge on any atom is -0.396 e. The maximum Gasteiger partial charge on any atom is 0.433 e. The second kappa shape index (κ2) is 11.2. The van der Waals surface area contributed by atoms with E-state index in [0.717, 1.165) is 63.9 Å². The molecule has 0 saturated heterocycles. The summed E-state index contributed by atoms with van der Waals surface area (Å²) < 4.78 is 38.4. The predicted molar refractivity (Wildman–Crippen MR) is 107 cm³/mol. The first-order chi connectivity index (χ1) is 13.7. The van der Waals surface area contributed by atoms with E-state index in [-0.39, 0.29) is 41.1 Å². The Hall–Kier alpha value is -1.34. The third-order valence-electron chi connectivity index (χ3n) is 5.54. The fraction of sp³-hybridized carbons (Fsp3) is 0.714. The number of carbonyl (C=O) groups excluding carboxylic acids is 1. The highest BCUT2D eigenvalue weighted by Crippen LogP contribution is 2.28. The van der Waals surface area contributed by atoms with Gasteiger partial charge in [0.05, 0.1) is 11.3 Å². The Bertz CT molecular complexity index is 670. The second-order valence-corrected chi connectivity index (χ2v) is 8.57. The zero-order valence-corrected chi connectivity index (χ0v) is 17.5. The molecule has 164 valence electrons. The molecule has 2 N–H and O–H groups in total. The van der Waals surface area contributed by atoms with Crippen molar-refractivity contribution in [1.82, 2.24) is 10.3 Å². The number of carbonyl (C=O) groups is 1. The lowest BCUT2D eigenvalue weighted by Gasteiger charge is -2.23. The van der Waals surface area contributed by atoms with Gasteiger partial charge in [0.15, 0.2) is 0 Å². The average Bonchev–Trinajstić information content (AvgIpc) is 2.64. The highest BCUT2D eigenvalue weighted by Gasteiger charge is 2.33. The highest BCUT2D eigenvalue weighted by atomic mass is 35.5. The van der Waals surface area contributed by atoms with Crippen molar-refractivity contribution < 1.29 is 23.1 Å². The number of aliphatic hydroxyl groups is 1. The Morgan fingerprint density at radius 3 is 2.52 bits per heavy atom. The molecule has 0 spiro atoms. The quantitative estimate of drug-likeness (QED) is 0.639. The van der Waals surface area contributed by atoms with E-state index in [4.69, 9.17) is 11.6 Å². The smallest absolute Gasteiger partial charge is 0.396 e. The zero-order valence-electron chi connectivity index (χ0n) is 16.8. The number of alkyl halides is 4. The molecule has 1 amide bonds. The Kier molecular flexibility index (Phi) is 9.21. The average molecular weight is 435 g/mol. The lowest BCUT2D eigenvalue weighted by atomic mass is 9.91. The Morgan fingerprint density at radius 2 is 1.86 bits per heavy atom. The molecule has 0 aromatic carbocycles. The summed E-state index contributed by atoms with van der Waals surface area (Å²) in [5.41, 5.74) is -0.758. The van der Waals surface area contributed by atoms with Gasteiger partial charge < -0.3 is 10.4 Å². The lowest BCUT2D eigenvalue weighted by molar-refractivity contribution is -0.141. The molecule has 1 aliphatic carbocycles. The Balaban J connectivity index is 2.01. The molecule has 1 saturated carbocycles. The summed E-state index contributed by atoms with van der Waals surface area (Å²) in [7, 11) is 0. The van der Waals surface area contributed by atoms with Crippen molar-refractivity contribution in [2.75, 3.05) is 6.61 Å². The van der Waals surface area contributed by atoms with Crippen LogP contribution in [-0.4, -0.2) is 34.0 Å². The monoisotopic (exact) mass is 434 g/mol. The maximum atomic E-state index is 12.8. The number of amides is 1. The first-order valence-electron chi connectivity index (χ1n) is 10.3. The third kappa shape index (κ3) is 7.78. The molecule has 1 aromatic rings. The summed E-state index contributed by atoms with van der Waals surface area (Å²) >= 11 is 6.36. The lowest BCUT2D eigenvalue weighted by Crippen LogP contribution is -2.35. The summed E-state index contributed by atoms with van der Waals surface area (Å²) in [6.07, 6.45) is 3.45. The standard InChI is InChI=1S/C21H30ClF3N2O2/c1-14-18(10-11-19(26-14)21(23,24)25)20(29)27-17-8-4-2-3-7-16(22)12-15(13-28)6-5-9-17/h10-11,15-17,28H,2-9,12-13H2,1H3,(H,27,29). The molecule has 0 aliphatic heterocycles. The summed E-state index contributed by atoms with van der Waals surface area (Å²) in [6.45, 7) is 1.52. The number of nitrogens with zero attached hydrogens (tertiary/aromatic N) is 1. The normalized spacial score (nSPS) is 25.0. The number of aromatic nitrogens is 1. The van der Waals surface area contributed by atoms with Crippen molar-refractivity contribution in [3.8, 4) is 0 Å². The molecule has 0 radical (unpaired) electrons. The van der Waals surface area contributed by atoms with E-state index in [1.54, 1.807) is 0 Å². The molecule has 4 nitrogen and oxygen atoms in total. The van der Waals surface area contributed by atoms with Crippen LogP contribution in [0.5, 0.6) is 0 Å². The van der Waals surface area contributed by atoms with Crippen LogP contribution in [0.2, 0.25) is 0 Å². The molecule has 3 unspecified atom stereocenters. The van der Waals surface area contributed by atoms with E-state index in [1.807, 2.05) is 0 Å². The van der Waals surface area contributed by atoms with Gasteiger partial charge >= 0.3 is 6.18 Å². The van der Waals surface area contributed by atoms with E-state index < -0.39 is 11.9 Å². The minimum atomic E-state index is -4.53. The number of hydrogen-bond acceptors (Lipinski definition) is 3. The second-order valence-electron chi connectivity index (χ2n) is 7.95. The third-order valence-corrected chi connectivity index (χ3v) is 5.93. The van der Waals surface area contributed by atoms with Crippen molar-refractivity contribution in [3.05, 3.63) is 29.1 Å². The van der Waals surface area contributed by atoms with Crippen LogP contribution in [0.15, 0.2) is 12.1 Å². The molecular formula is C21H30ClF3N2O2. The first kappa shape index (κ1) is 23.9. The molecule has 3 atom stereocenters. The maximum absolute atomic E-state index is 12.8. The van der Waals surface area contributed by atoms with Crippen molar-refractivity contribution in [2.24, 2.45) is 5.92 Å². The minimum absolute atomic E-state index is 0.0465. The van der Waals surface area contributed by atoms with E-state index in [2.05, 4.69) is 10.3 Å². The molecule has 0 bridgehead atoms. The van der Waals surface area contributed by atoms with Gasteiger partial charge in [-0.15, -0.1) is 11.6 Å². The van der Waals surface area contributed by atoms with Crippen LogP contribution in [0.1, 0.15) is 79.5 Å². The Labute approximate surface area is 175 Å². The van der Waals surface area contributed by atoms with Crippen LogP contribution >= 0.6 is 11.6 Å². The van der Waals surface area contributed by atoms with Crippen molar-refractivity contribution in [2.45, 2.75) is 82.3 Å². The van der Waals surface area contributed by atoms with Gasteiger partial charge in [0.2, 0.25) is 0 Å². The summed E-state index contributed by atoms with van der Waals surface area (Å²) in [5.74, 6) is -0.227. The van der Waals surface area contributed by atoms with Crippen molar-refractivity contribution >= 4 is 17.5 Å². The number of halogens is 4. The summed E-state index contributed by atoms with van der Waals surface area (Å²) in [4.78, 5) is 16.2. The number of pyridine rings is 1. The van der Waals surface area contributed by atoms with Crippen LogP contribution < -0.4 is 5.32 Å². The van der Waals surface area contributed by atoms with Crippen molar-refractivity contribution in [3.63, 3.8) is 0 Å². The van der Waals surface area contributed by atoms with Crippen LogP contribution in [0.3, 0.4) is 0 Å². The van der Waals surface area contributed by atoms with Gasteiger partial charge in [-0.05, 0) is 57.1 Å². The molecule has 29 heavy (non-hydrogen) atoms. The van der Waals surface area contributed by atoms with Crippen LogP contribution in [0.25, 0.3) is 0 Å². The van der Waals surface area contributed by atoms with Gasteiger partial charge in [-0.25, -0.2) is 4.98 Å². The predicted octanol–water partition coefficient (Wildman–Crippen LogP) is 5.25. The molecule has 1 aliphatic rings. The van der Waals surface area contributed by atoms with Crippen molar-refractivity contribution in [1.29, 1.82) is 0 Å². The fourth-order valence-electron chi connectivity index (χ4n) is 3.86. The van der Waals surface area contributed by atoms with Gasteiger partial charge in [0.1, 0.15) is 5.69 Å².